The highest BCUT2D eigenvalue weighted by molar-refractivity contribution is 6.32. The van der Waals surface area contributed by atoms with E-state index in [1.807, 2.05) is 0 Å². The van der Waals surface area contributed by atoms with Gasteiger partial charge in [-0.15, -0.1) is 13.2 Å². The van der Waals surface area contributed by atoms with Crippen LogP contribution in [0.2, 0.25) is 5.02 Å². The van der Waals surface area contributed by atoms with Gasteiger partial charge >= 0.3 is 12.5 Å². The molecule has 1 fully saturated rings. The number of nitrogens with one attached hydrogen (secondary N) is 1. The Balaban J connectivity index is 2.44. The first-order valence-electron chi connectivity index (χ1n) is 8.43. The molecule has 9 heteroatoms. The molecule has 150 valence electrons. The molecule has 1 aliphatic rings. The zero-order chi connectivity index (χ0) is 20.5. The van der Waals surface area contributed by atoms with Gasteiger partial charge in [-0.2, -0.15) is 0 Å². The molecule has 5 nitrogen and oxygen atoms in total. The predicted octanol–water partition coefficient (Wildman–Crippen LogP) is 5.10. The van der Waals surface area contributed by atoms with Crippen LogP contribution in [0.3, 0.4) is 0 Å². The molecule has 0 saturated heterocycles. The number of hydrogen-bond acceptors (Lipinski definition) is 4. The molecule has 0 aliphatic heterocycles. The Hall–Kier alpha value is -1.96. The lowest BCUT2D eigenvalue weighted by Gasteiger charge is -2.36. The SMILES string of the molecule is CC(C)(C)NC(=O)OC1(c2ccc(Cl)c(OC(F)(F)F)c2)CCCCC1=O. The largest absolute Gasteiger partial charge is 0.573 e. The lowest BCUT2D eigenvalue weighted by Crippen LogP contribution is -2.49. The maximum atomic E-state index is 12.7. The minimum Gasteiger partial charge on any atom is -0.430 e. The number of ketones is 1. The Morgan fingerprint density at radius 1 is 1.22 bits per heavy atom. The van der Waals surface area contributed by atoms with Crippen LogP contribution in [-0.4, -0.2) is 23.8 Å². The fourth-order valence-corrected chi connectivity index (χ4v) is 3.08. The summed E-state index contributed by atoms with van der Waals surface area (Å²) in [5.41, 5.74) is -2.19. The molecule has 1 amide bonds. The van der Waals surface area contributed by atoms with Crippen LogP contribution in [0.15, 0.2) is 18.2 Å². The van der Waals surface area contributed by atoms with E-state index in [-0.39, 0.29) is 29.2 Å². The number of alkyl halides is 3. The molecule has 2 rings (SSSR count). The number of Topliss-reactive ketones (excluding diaryl/α,β-unsaturated/α-hetero) is 1. The van der Waals surface area contributed by atoms with Crippen molar-refractivity contribution < 1.29 is 32.2 Å². The van der Waals surface area contributed by atoms with Gasteiger partial charge < -0.3 is 14.8 Å². The third kappa shape index (κ3) is 5.51. The van der Waals surface area contributed by atoms with Crippen LogP contribution in [0.4, 0.5) is 18.0 Å². The summed E-state index contributed by atoms with van der Waals surface area (Å²) in [6.45, 7) is 5.21. The van der Waals surface area contributed by atoms with E-state index in [2.05, 4.69) is 10.1 Å². The number of alkyl carbamates (subject to hydrolysis) is 1. The lowest BCUT2D eigenvalue weighted by atomic mass is 9.78. The number of halogens is 4. The van der Waals surface area contributed by atoms with Gasteiger partial charge in [0.2, 0.25) is 0 Å². The molecule has 1 aromatic carbocycles. The zero-order valence-electron chi connectivity index (χ0n) is 15.2. The number of hydrogen-bond donors (Lipinski definition) is 1. The van der Waals surface area contributed by atoms with Crippen LogP contribution in [0.25, 0.3) is 0 Å². The van der Waals surface area contributed by atoms with Crippen molar-refractivity contribution in [2.45, 2.75) is 64.0 Å². The number of amides is 1. The molecule has 0 spiro atoms. The molecular weight excluding hydrogens is 387 g/mol. The summed E-state index contributed by atoms with van der Waals surface area (Å²) >= 11 is 5.79. The highest BCUT2D eigenvalue weighted by Gasteiger charge is 2.46. The van der Waals surface area contributed by atoms with E-state index in [9.17, 15) is 22.8 Å². The van der Waals surface area contributed by atoms with Crippen LogP contribution < -0.4 is 10.1 Å². The maximum Gasteiger partial charge on any atom is 0.573 e. The van der Waals surface area contributed by atoms with Crippen molar-refractivity contribution in [1.82, 2.24) is 5.32 Å². The highest BCUT2D eigenvalue weighted by Crippen LogP contribution is 2.41. The molecule has 0 radical (unpaired) electrons. The highest BCUT2D eigenvalue weighted by atomic mass is 35.5. The van der Waals surface area contributed by atoms with Crippen molar-refractivity contribution >= 4 is 23.5 Å². The number of carbonyl (C=O) groups excluding carboxylic acids is 2. The molecule has 1 unspecified atom stereocenters. The van der Waals surface area contributed by atoms with Crippen molar-refractivity contribution in [3.8, 4) is 5.75 Å². The third-order valence-electron chi connectivity index (χ3n) is 4.00. The average molecular weight is 408 g/mol. The van der Waals surface area contributed by atoms with E-state index in [4.69, 9.17) is 16.3 Å². The fourth-order valence-electron chi connectivity index (χ4n) is 2.92. The predicted molar refractivity (Wildman–Crippen MR) is 92.7 cm³/mol. The number of ether oxygens (including phenoxy) is 2. The standard InChI is InChI=1S/C18H21ClF3NO4/c1-16(2,3)23-15(25)27-17(9-5-4-6-14(17)24)11-7-8-12(19)13(10-11)26-18(20,21)22/h7-8,10H,4-6,9H2,1-3H3,(H,23,25). The molecule has 0 aromatic heterocycles. The first-order chi connectivity index (χ1) is 12.3. The summed E-state index contributed by atoms with van der Waals surface area (Å²) in [6, 6.07) is 3.56. The Morgan fingerprint density at radius 3 is 2.44 bits per heavy atom. The molecule has 1 aliphatic carbocycles. The molecular formula is C18H21ClF3NO4. The molecule has 1 atom stereocenters. The molecule has 1 aromatic rings. The van der Waals surface area contributed by atoms with Crippen LogP contribution in [0.5, 0.6) is 5.75 Å². The Kier molecular flexibility index (Phi) is 5.99. The average Bonchev–Trinajstić information content (AvgIpc) is 2.48. The quantitative estimate of drug-likeness (QED) is 0.756. The van der Waals surface area contributed by atoms with Crippen molar-refractivity contribution in [3.05, 3.63) is 28.8 Å². The monoisotopic (exact) mass is 407 g/mol. The van der Waals surface area contributed by atoms with Gasteiger partial charge in [-0.25, -0.2) is 4.79 Å². The van der Waals surface area contributed by atoms with Gasteiger partial charge in [0, 0.05) is 17.5 Å². The summed E-state index contributed by atoms with van der Waals surface area (Å²) in [5, 5.41) is 2.33. The molecule has 1 saturated carbocycles. The van der Waals surface area contributed by atoms with Gasteiger partial charge in [0.1, 0.15) is 5.75 Å². The normalized spacial score (nSPS) is 20.9. The van der Waals surface area contributed by atoms with Crippen molar-refractivity contribution in [3.63, 3.8) is 0 Å². The van der Waals surface area contributed by atoms with Gasteiger partial charge in [0.15, 0.2) is 11.4 Å². The summed E-state index contributed by atoms with van der Waals surface area (Å²) in [7, 11) is 0. The van der Waals surface area contributed by atoms with Crippen molar-refractivity contribution in [1.29, 1.82) is 0 Å². The molecule has 0 bridgehead atoms. The summed E-state index contributed by atoms with van der Waals surface area (Å²) in [5.74, 6) is -1.03. The second-order valence-corrected chi connectivity index (χ2v) is 7.82. The van der Waals surface area contributed by atoms with Crippen LogP contribution in [0, 0.1) is 0 Å². The topological polar surface area (TPSA) is 64.6 Å². The van der Waals surface area contributed by atoms with E-state index >= 15 is 0 Å². The maximum absolute atomic E-state index is 12.7. The van der Waals surface area contributed by atoms with Gasteiger partial charge in [-0.3, -0.25) is 4.79 Å². The number of carbonyl (C=O) groups is 2. The van der Waals surface area contributed by atoms with E-state index < -0.39 is 29.3 Å². The van der Waals surface area contributed by atoms with Gasteiger partial charge in [-0.05, 0) is 52.2 Å². The number of rotatable bonds is 3. The minimum atomic E-state index is -4.95. The van der Waals surface area contributed by atoms with Crippen LogP contribution in [-0.2, 0) is 15.1 Å². The molecule has 27 heavy (non-hydrogen) atoms. The summed E-state index contributed by atoms with van der Waals surface area (Å²) in [6.07, 6.45) is -4.27. The Morgan fingerprint density at radius 2 is 1.89 bits per heavy atom. The minimum absolute atomic E-state index is 0.0971. The first-order valence-corrected chi connectivity index (χ1v) is 8.80. The van der Waals surface area contributed by atoms with Gasteiger partial charge in [0.05, 0.1) is 5.02 Å². The second kappa shape index (κ2) is 7.58. The van der Waals surface area contributed by atoms with E-state index in [0.717, 1.165) is 6.07 Å². The van der Waals surface area contributed by atoms with Crippen LogP contribution in [0.1, 0.15) is 52.0 Å². The first kappa shape index (κ1) is 21.3. The van der Waals surface area contributed by atoms with Crippen molar-refractivity contribution in [2.75, 3.05) is 0 Å². The Labute approximate surface area is 160 Å². The van der Waals surface area contributed by atoms with E-state index in [0.29, 0.717) is 12.8 Å². The fraction of sp³-hybridized carbons (Fsp3) is 0.556. The van der Waals surface area contributed by atoms with Gasteiger partial charge in [0.25, 0.3) is 0 Å². The number of benzene rings is 1. The van der Waals surface area contributed by atoms with Crippen molar-refractivity contribution in [2.24, 2.45) is 0 Å². The zero-order valence-corrected chi connectivity index (χ0v) is 16.0. The lowest BCUT2D eigenvalue weighted by molar-refractivity contribution is -0.274. The van der Waals surface area contributed by atoms with E-state index in [1.54, 1.807) is 20.8 Å². The summed E-state index contributed by atoms with van der Waals surface area (Å²) < 4.78 is 47.3. The summed E-state index contributed by atoms with van der Waals surface area (Å²) in [4.78, 5) is 25.0. The second-order valence-electron chi connectivity index (χ2n) is 7.41. The molecule has 1 N–H and O–H groups in total. The smallest absolute Gasteiger partial charge is 0.430 e. The van der Waals surface area contributed by atoms with E-state index in [1.165, 1.54) is 12.1 Å². The molecule has 0 heterocycles. The Bertz CT molecular complexity index is 730. The third-order valence-corrected chi connectivity index (χ3v) is 4.31. The van der Waals surface area contributed by atoms with Crippen LogP contribution >= 0.6 is 11.6 Å². The van der Waals surface area contributed by atoms with Gasteiger partial charge in [-0.1, -0.05) is 17.7 Å².